The van der Waals surface area contributed by atoms with Crippen LogP contribution in [0.25, 0.3) is 11.3 Å². The fourth-order valence-corrected chi connectivity index (χ4v) is 3.40. The fourth-order valence-electron chi connectivity index (χ4n) is 3.40. The van der Waals surface area contributed by atoms with E-state index >= 15 is 0 Å². The summed E-state index contributed by atoms with van der Waals surface area (Å²) in [5.74, 6) is 1.57. The van der Waals surface area contributed by atoms with Gasteiger partial charge in [0.15, 0.2) is 11.5 Å². The second-order valence-electron chi connectivity index (χ2n) is 8.00. The number of carbonyl (C=O) groups excluding carboxylic acids is 1. The van der Waals surface area contributed by atoms with E-state index in [2.05, 4.69) is 36.4 Å². The van der Waals surface area contributed by atoms with Gasteiger partial charge in [-0.25, -0.2) is 4.68 Å². The third-order valence-electron chi connectivity index (χ3n) is 5.31. The number of hydrogen-bond acceptors (Lipinski definition) is 5. The number of amides is 1. The summed E-state index contributed by atoms with van der Waals surface area (Å²) in [6.07, 6.45) is 0.150. The Bertz CT molecular complexity index is 1140. The second-order valence-corrected chi connectivity index (χ2v) is 8.00. The van der Waals surface area contributed by atoms with Gasteiger partial charge in [-0.3, -0.25) is 9.59 Å². The molecule has 3 rings (SSSR count). The van der Waals surface area contributed by atoms with Gasteiger partial charge in [0.2, 0.25) is 5.91 Å². The number of methoxy groups -OCH3 is 1. The smallest absolute Gasteiger partial charge is 0.266 e. The van der Waals surface area contributed by atoms with E-state index in [0.29, 0.717) is 36.3 Å². The average Bonchev–Trinajstić information content (AvgIpc) is 2.82. The molecule has 1 heterocycles. The van der Waals surface area contributed by atoms with Crippen molar-refractivity contribution >= 4 is 5.91 Å². The monoisotopic (exact) mass is 449 g/mol. The van der Waals surface area contributed by atoms with Crippen LogP contribution in [0.3, 0.4) is 0 Å². The fraction of sp³-hybridized carbons (Fsp3) is 0.346. The molecule has 174 valence electrons. The van der Waals surface area contributed by atoms with E-state index in [9.17, 15) is 9.59 Å². The standard InChI is InChI=1S/C26H31N3O4/c1-5-33-24-16-19(6-12-23(24)32-4)17-27-25(30)14-15-29-26(31)13-11-22(28-29)21-9-7-20(8-10-21)18(2)3/h6-13,16,18H,5,14-15,17H2,1-4H3,(H,27,30). The predicted molar refractivity (Wildman–Crippen MR) is 129 cm³/mol. The molecular weight excluding hydrogens is 418 g/mol. The number of hydrogen-bond donors (Lipinski definition) is 1. The Kier molecular flexibility index (Phi) is 8.24. The van der Waals surface area contributed by atoms with Crippen LogP contribution in [0.5, 0.6) is 11.5 Å². The summed E-state index contributed by atoms with van der Waals surface area (Å²) in [5.41, 5.74) is 3.54. The van der Waals surface area contributed by atoms with Crippen LogP contribution in [0.1, 0.15) is 44.2 Å². The summed E-state index contributed by atoms with van der Waals surface area (Å²) in [5, 5.41) is 7.33. The van der Waals surface area contributed by atoms with Crippen LogP contribution in [-0.4, -0.2) is 29.4 Å². The zero-order chi connectivity index (χ0) is 23.8. The van der Waals surface area contributed by atoms with Gasteiger partial charge in [-0.2, -0.15) is 5.10 Å². The third kappa shape index (κ3) is 6.44. The maximum atomic E-state index is 12.4. The molecule has 0 aliphatic carbocycles. The van der Waals surface area contributed by atoms with Crippen molar-refractivity contribution in [1.82, 2.24) is 15.1 Å². The van der Waals surface area contributed by atoms with Crippen molar-refractivity contribution in [3.63, 3.8) is 0 Å². The Balaban J connectivity index is 1.60. The summed E-state index contributed by atoms with van der Waals surface area (Å²) in [4.78, 5) is 24.6. The van der Waals surface area contributed by atoms with Crippen molar-refractivity contribution in [3.8, 4) is 22.8 Å². The number of benzene rings is 2. The Morgan fingerprint density at radius 3 is 2.48 bits per heavy atom. The molecular formula is C26H31N3O4. The highest BCUT2D eigenvalue weighted by Crippen LogP contribution is 2.28. The minimum absolute atomic E-state index is 0.150. The third-order valence-corrected chi connectivity index (χ3v) is 5.31. The van der Waals surface area contributed by atoms with Crippen molar-refractivity contribution in [2.75, 3.05) is 13.7 Å². The van der Waals surface area contributed by atoms with Crippen molar-refractivity contribution in [3.05, 3.63) is 76.1 Å². The summed E-state index contributed by atoms with van der Waals surface area (Å²) >= 11 is 0. The van der Waals surface area contributed by atoms with Gasteiger partial charge in [0.25, 0.3) is 5.56 Å². The van der Waals surface area contributed by atoms with Crippen molar-refractivity contribution < 1.29 is 14.3 Å². The van der Waals surface area contributed by atoms with Gasteiger partial charge < -0.3 is 14.8 Å². The Morgan fingerprint density at radius 2 is 1.82 bits per heavy atom. The first-order valence-electron chi connectivity index (χ1n) is 11.2. The van der Waals surface area contributed by atoms with E-state index in [1.165, 1.54) is 16.3 Å². The Labute approximate surface area is 194 Å². The first kappa shape index (κ1) is 24.0. The van der Waals surface area contributed by atoms with Crippen LogP contribution < -0.4 is 20.3 Å². The largest absolute Gasteiger partial charge is 0.493 e. The first-order valence-corrected chi connectivity index (χ1v) is 11.2. The zero-order valence-corrected chi connectivity index (χ0v) is 19.6. The molecule has 0 unspecified atom stereocenters. The first-order chi connectivity index (χ1) is 15.9. The van der Waals surface area contributed by atoms with Crippen LogP contribution in [0.4, 0.5) is 0 Å². The van der Waals surface area contributed by atoms with Crippen LogP contribution in [0, 0.1) is 0 Å². The number of nitrogens with one attached hydrogen (secondary N) is 1. The number of nitrogens with zero attached hydrogens (tertiary/aromatic N) is 2. The molecule has 1 N–H and O–H groups in total. The van der Waals surface area contributed by atoms with Gasteiger partial charge in [-0.15, -0.1) is 0 Å². The molecule has 1 amide bonds. The second kappa shape index (κ2) is 11.3. The summed E-state index contributed by atoms with van der Waals surface area (Å²) in [6.45, 7) is 7.27. The van der Waals surface area contributed by atoms with Crippen molar-refractivity contribution in [2.24, 2.45) is 0 Å². The molecule has 7 heteroatoms. The minimum atomic E-state index is -0.234. The molecule has 33 heavy (non-hydrogen) atoms. The molecule has 0 aliphatic heterocycles. The average molecular weight is 450 g/mol. The van der Waals surface area contributed by atoms with Gasteiger partial charge in [-0.05, 0) is 42.2 Å². The molecule has 3 aromatic rings. The molecule has 0 aliphatic rings. The molecule has 2 aromatic carbocycles. The zero-order valence-electron chi connectivity index (χ0n) is 19.6. The van der Waals surface area contributed by atoms with E-state index in [1.807, 2.05) is 37.3 Å². The van der Waals surface area contributed by atoms with E-state index in [0.717, 1.165) is 11.1 Å². The number of ether oxygens (including phenoxy) is 2. The number of aromatic nitrogens is 2. The molecule has 0 fully saturated rings. The number of aryl methyl sites for hydroxylation is 1. The molecule has 7 nitrogen and oxygen atoms in total. The molecule has 0 saturated heterocycles. The summed E-state index contributed by atoms with van der Waals surface area (Å²) in [6, 6.07) is 16.9. The predicted octanol–water partition coefficient (Wildman–Crippen LogP) is 4.15. The lowest BCUT2D eigenvalue weighted by molar-refractivity contribution is -0.121. The number of rotatable bonds is 10. The lowest BCUT2D eigenvalue weighted by atomic mass is 10.0. The van der Waals surface area contributed by atoms with E-state index in [1.54, 1.807) is 13.2 Å². The van der Waals surface area contributed by atoms with E-state index in [-0.39, 0.29) is 24.4 Å². The van der Waals surface area contributed by atoms with Crippen molar-refractivity contribution in [2.45, 2.75) is 46.2 Å². The number of carbonyl (C=O) groups is 1. The molecule has 0 bridgehead atoms. The van der Waals surface area contributed by atoms with Gasteiger partial charge in [0.05, 0.1) is 26.0 Å². The summed E-state index contributed by atoms with van der Waals surface area (Å²) in [7, 11) is 1.59. The molecule has 0 saturated carbocycles. The highest BCUT2D eigenvalue weighted by molar-refractivity contribution is 5.75. The minimum Gasteiger partial charge on any atom is -0.493 e. The lowest BCUT2D eigenvalue weighted by Gasteiger charge is -2.12. The Hall–Kier alpha value is -3.61. The van der Waals surface area contributed by atoms with Crippen LogP contribution in [0.15, 0.2) is 59.4 Å². The highest BCUT2D eigenvalue weighted by atomic mass is 16.5. The summed E-state index contributed by atoms with van der Waals surface area (Å²) < 4.78 is 12.2. The molecule has 0 atom stereocenters. The normalized spacial score (nSPS) is 10.8. The van der Waals surface area contributed by atoms with Crippen molar-refractivity contribution in [1.29, 1.82) is 0 Å². The lowest BCUT2D eigenvalue weighted by Crippen LogP contribution is -2.28. The molecule has 0 radical (unpaired) electrons. The SMILES string of the molecule is CCOc1cc(CNC(=O)CCn2nc(-c3ccc(C(C)C)cc3)ccc2=O)ccc1OC. The topological polar surface area (TPSA) is 82.5 Å². The molecule has 0 spiro atoms. The van der Waals surface area contributed by atoms with Crippen LogP contribution in [-0.2, 0) is 17.9 Å². The van der Waals surface area contributed by atoms with Gasteiger partial charge in [0, 0.05) is 24.6 Å². The van der Waals surface area contributed by atoms with Gasteiger partial charge in [0.1, 0.15) is 0 Å². The van der Waals surface area contributed by atoms with E-state index < -0.39 is 0 Å². The van der Waals surface area contributed by atoms with Crippen LogP contribution in [0.2, 0.25) is 0 Å². The maximum Gasteiger partial charge on any atom is 0.266 e. The Morgan fingerprint density at radius 1 is 1.06 bits per heavy atom. The maximum absolute atomic E-state index is 12.4. The van der Waals surface area contributed by atoms with Gasteiger partial charge >= 0.3 is 0 Å². The highest BCUT2D eigenvalue weighted by Gasteiger charge is 2.09. The van der Waals surface area contributed by atoms with Crippen LogP contribution >= 0.6 is 0 Å². The molecule has 1 aromatic heterocycles. The quantitative estimate of drug-likeness (QED) is 0.503. The van der Waals surface area contributed by atoms with Gasteiger partial charge in [-0.1, -0.05) is 44.2 Å². The van der Waals surface area contributed by atoms with E-state index in [4.69, 9.17) is 9.47 Å².